The van der Waals surface area contributed by atoms with Gasteiger partial charge in [-0.3, -0.25) is 15.0 Å². The Hall–Kier alpha value is -4.24. The highest BCUT2D eigenvalue weighted by molar-refractivity contribution is 8.00. The zero-order chi connectivity index (χ0) is 25.1. The van der Waals surface area contributed by atoms with Crippen LogP contribution in [0.3, 0.4) is 0 Å². The summed E-state index contributed by atoms with van der Waals surface area (Å²) in [6.45, 7) is 1.81. The molecular formula is C27H23N5O3S. The van der Waals surface area contributed by atoms with Crippen molar-refractivity contribution in [1.82, 2.24) is 25.9 Å². The highest BCUT2D eigenvalue weighted by Crippen LogP contribution is 2.33. The van der Waals surface area contributed by atoms with Crippen molar-refractivity contribution in [3.63, 3.8) is 0 Å². The number of hydrazine groups is 1. The van der Waals surface area contributed by atoms with Gasteiger partial charge in [-0.05, 0) is 12.0 Å². The van der Waals surface area contributed by atoms with Crippen LogP contribution in [0.15, 0.2) is 90.0 Å². The lowest BCUT2D eigenvalue weighted by molar-refractivity contribution is -0.138. The Morgan fingerprint density at radius 3 is 2.25 bits per heavy atom. The number of carbonyl (C=O) groups excluding carboxylic acids is 3. The number of hydrogen-bond donors (Lipinski definition) is 2. The van der Waals surface area contributed by atoms with Crippen LogP contribution in [0.1, 0.15) is 18.9 Å². The van der Waals surface area contributed by atoms with Gasteiger partial charge in [-0.25, -0.2) is 4.79 Å². The Morgan fingerprint density at radius 2 is 1.56 bits per heavy atom. The molecule has 0 radical (unpaired) electrons. The number of nitrogens with one attached hydrogen (secondary N) is 2. The zero-order valence-corrected chi connectivity index (χ0v) is 20.3. The van der Waals surface area contributed by atoms with Crippen molar-refractivity contribution in [2.75, 3.05) is 5.75 Å². The second-order valence-electron chi connectivity index (χ2n) is 8.28. The molecule has 36 heavy (non-hydrogen) atoms. The fourth-order valence-corrected chi connectivity index (χ4v) is 5.09. The van der Waals surface area contributed by atoms with Crippen LogP contribution >= 0.6 is 11.8 Å². The second kappa shape index (κ2) is 9.79. The maximum Gasteiger partial charge on any atom is 0.344 e. The largest absolute Gasteiger partial charge is 0.344 e. The van der Waals surface area contributed by atoms with Crippen LogP contribution < -0.4 is 10.7 Å². The van der Waals surface area contributed by atoms with Crippen LogP contribution in [0.25, 0.3) is 22.0 Å². The van der Waals surface area contributed by atoms with Crippen LogP contribution in [-0.4, -0.2) is 38.8 Å². The topological polar surface area (TPSA) is 104 Å². The number of rotatable bonds is 7. The molecule has 0 unspecified atom stereocenters. The Balaban J connectivity index is 1.32. The van der Waals surface area contributed by atoms with E-state index in [-0.39, 0.29) is 5.75 Å². The van der Waals surface area contributed by atoms with Gasteiger partial charge >= 0.3 is 6.03 Å². The van der Waals surface area contributed by atoms with E-state index in [0.29, 0.717) is 17.0 Å². The number of nitrogens with zero attached hydrogens (tertiary/aromatic N) is 3. The molecule has 0 aliphatic carbocycles. The number of amides is 4. The first-order chi connectivity index (χ1) is 17.5. The maximum atomic E-state index is 13.2. The lowest BCUT2D eigenvalue weighted by Gasteiger charge is -2.25. The van der Waals surface area contributed by atoms with Gasteiger partial charge in [0.05, 0.1) is 5.75 Å². The number of thioether (sulfide) groups is 1. The van der Waals surface area contributed by atoms with Gasteiger partial charge in [-0.2, -0.15) is 5.01 Å². The fourth-order valence-electron chi connectivity index (χ4n) is 4.32. The minimum atomic E-state index is -1.21. The summed E-state index contributed by atoms with van der Waals surface area (Å²) in [6.07, 6.45) is 0.345. The molecule has 1 fully saturated rings. The summed E-state index contributed by atoms with van der Waals surface area (Å²) in [5, 5.41) is 14.7. The SMILES string of the molecule is CC[C@]1(c2ccccc2)NC(=O)N(NC(=O)CSc2nnc(-c3ccccc3)c3ccccc23)C1=O. The number of carbonyl (C=O) groups is 3. The van der Waals surface area contributed by atoms with Crippen molar-refractivity contribution in [1.29, 1.82) is 0 Å². The molecule has 2 N–H and O–H groups in total. The molecule has 3 aromatic carbocycles. The molecule has 1 aliphatic heterocycles. The molecule has 0 saturated carbocycles. The van der Waals surface area contributed by atoms with Crippen LogP contribution in [0.4, 0.5) is 4.79 Å². The molecule has 4 aromatic rings. The first-order valence-corrected chi connectivity index (χ1v) is 12.5. The summed E-state index contributed by atoms with van der Waals surface area (Å²) in [5.41, 5.74) is 3.62. The smallest absolute Gasteiger partial charge is 0.318 e. The van der Waals surface area contributed by atoms with E-state index in [1.54, 1.807) is 24.3 Å². The zero-order valence-electron chi connectivity index (χ0n) is 19.5. The molecule has 9 heteroatoms. The quantitative estimate of drug-likeness (QED) is 0.292. The molecule has 180 valence electrons. The third kappa shape index (κ3) is 4.18. The van der Waals surface area contributed by atoms with Gasteiger partial charge < -0.3 is 5.32 Å². The predicted molar refractivity (Wildman–Crippen MR) is 138 cm³/mol. The molecule has 2 heterocycles. The van der Waals surface area contributed by atoms with Crippen LogP contribution in [0, 0.1) is 0 Å². The molecule has 0 spiro atoms. The van der Waals surface area contributed by atoms with Crippen molar-refractivity contribution in [3.8, 4) is 11.3 Å². The van der Waals surface area contributed by atoms with Crippen LogP contribution in [-0.2, 0) is 15.1 Å². The molecule has 1 aromatic heterocycles. The first kappa shape index (κ1) is 23.5. The lowest BCUT2D eigenvalue weighted by atomic mass is 9.87. The van der Waals surface area contributed by atoms with Crippen molar-refractivity contribution in [3.05, 3.63) is 90.5 Å². The molecule has 0 bridgehead atoms. The van der Waals surface area contributed by atoms with Gasteiger partial charge in [-0.15, -0.1) is 10.2 Å². The summed E-state index contributed by atoms with van der Waals surface area (Å²) in [4.78, 5) is 38.6. The van der Waals surface area contributed by atoms with E-state index in [9.17, 15) is 14.4 Å². The Labute approximate surface area is 212 Å². The third-order valence-corrected chi connectivity index (χ3v) is 7.15. The van der Waals surface area contributed by atoms with Gasteiger partial charge in [0.2, 0.25) is 5.91 Å². The summed E-state index contributed by atoms with van der Waals surface area (Å²) >= 11 is 1.19. The van der Waals surface area contributed by atoms with Gasteiger partial charge in [0.15, 0.2) is 0 Å². The number of urea groups is 1. The summed E-state index contributed by atoms with van der Waals surface area (Å²) < 4.78 is 0. The number of hydrogen-bond acceptors (Lipinski definition) is 6. The van der Waals surface area contributed by atoms with Gasteiger partial charge in [0.1, 0.15) is 16.3 Å². The van der Waals surface area contributed by atoms with E-state index in [4.69, 9.17) is 0 Å². The summed E-state index contributed by atoms with van der Waals surface area (Å²) in [5.74, 6) is -1.07. The van der Waals surface area contributed by atoms with E-state index < -0.39 is 23.4 Å². The Morgan fingerprint density at radius 1 is 0.917 bits per heavy atom. The molecule has 1 aliphatic rings. The van der Waals surface area contributed by atoms with Crippen molar-refractivity contribution in [2.45, 2.75) is 23.9 Å². The number of imide groups is 1. The lowest BCUT2D eigenvalue weighted by Crippen LogP contribution is -2.49. The Bertz CT molecular complexity index is 1450. The fraction of sp³-hybridized carbons (Fsp3) is 0.148. The first-order valence-electron chi connectivity index (χ1n) is 11.5. The van der Waals surface area contributed by atoms with Gasteiger partial charge in [-0.1, -0.05) is 104 Å². The van der Waals surface area contributed by atoms with Crippen LogP contribution in [0.2, 0.25) is 0 Å². The highest BCUT2D eigenvalue weighted by Gasteiger charge is 2.52. The molecule has 1 atom stereocenters. The van der Waals surface area contributed by atoms with E-state index in [1.807, 2.05) is 67.6 Å². The van der Waals surface area contributed by atoms with Crippen molar-refractivity contribution >= 4 is 40.4 Å². The van der Waals surface area contributed by atoms with E-state index in [1.165, 1.54) is 11.8 Å². The van der Waals surface area contributed by atoms with Crippen LogP contribution in [0.5, 0.6) is 0 Å². The Kier molecular flexibility index (Phi) is 6.39. The minimum absolute atomic E-state index is 0.0507. The van der Waals surface area contributed by atoms with Crippen molar-refractivity contribution in [2.24, 2.45) is 0 Å². The molecule has 4 amide bonds. The number of benzene rings is 3. The highest BCUT2D eigenvalue weighted by atomic mass is 32.2. The molecule has 5 rings (SSSR count). The van der Waals surface area contributed by atoms with Gasteiger partial charge in [0.25, 0.3) is 5.91 Å². The van der Waals surface area contributed by atoms with E-state index in [2.05, 4.69) is 20.9 Å². The third-order valence-electron chi connectivity index (χ3n) is 6.17. The van der Waals surface area contributed by atoms with Crippen molar-refractivity contribution < 1.29 is 14.4 Å². The molecular weight excluding hydrogens is 474 g/mol. The molecule has 1 saturated heterocycles. The normalized spacial score (nSPS) is 17.3. The summed E-state index contributed by atoms with van der Waals surface area (Å²) in [7, 11) is 0. The average molecular weight is 498 g/mol. The number of fused-ring (bicyclic) bond motifs is 1. The maximum absolute atomic E-state index is 13.2. The standard InChI is InChI=1S/C27H23N5O3S/c1-2-27(19-13-7-4-8-14-19)25(34)32(26(35)28-27)31-22(33)17-36-24-21-16-10-9-15-20(21)23(29-30-24)18-11-5-3-6-12-18/h3-16H,2,17H2,1H3,(H,28,35)(H,31,33)/t27-/m1/s1. The van der Waals surface area contributed by atoms with Gasteiger partial charge in [0, 0.05) is 16.3 Å². The van der Waals surface area contributed by atoms with E-state index in [0.717, 1.165) is 27.0 Å². The summed E-state index contributed by atoms with van der Waals surface area (Å²) in [6, 6.07) is 25.9. The van der Waals surface area contributed by atoms with E-state index >= 15 is 0 Å². The number of aromatic nitrogens is 2. The predicted octanol–water partition coefficient (Wildman–Crippen LogP) is 4.28. The molecule has 8 nitrogen and oxygen atoms in total. The minimum Gasteiger partial charge on any atom is -0.318 e. The monoisotopic (exact) mass is 497 g/mol. The second-order valence-corrected chi connectivity index (χ2v) is 9.25. The average Bonchev–Trinajstić information content (AvgIpc) is 3.17.